The highest BCUT2D eigenvalue weighted by molar-refractivity contribution is 6.05. The quantitative estimate of drug-likeness (QED) is 0.222. The number of carbonyl (C=O) groups is 3. The molecule has 4 amide bonds. The van der Waals surface area contributed by atoms with Gasteiger partial charge in [0.25, 0.3) is 5.91 Å². The summed E-state index contributed by atoms with van der Waals surface area (Å²) in [6.45, 7) is 6.57. The number of likely N-dealkylation sites (tertiary alicyclic amines) is 1. The van der Waals surface area contributed by atoms with Crippen LogP contribution in [-0.2, 0) is 17.5 Å². The zero-order valence-corrected chi connectivity index (χ0v) is 31.7. The number of amides is 4. The number of piperidine rings is 1. The Morgan fingerprint density at radius 1 is 0.931 bits per heavy atom. The van der Waals surface area contributed by atoms with Crippen molar-refractivity contribution in [1.82, 2.24) is 39.9 Å². The number of carbonyl (C=O) groups excluding carboxylic acids is 3. The molecule has 8 rings (SSSR count). The summed E-state index contributed by atoms with van der Waals surface area (Å²) in [5.74, 6) is 5.66. The van der Waals surface area contributed by atoms with E-state index in [-0.39, 0.29) is 35.8 Å². The highest BCUT2D eigenvalue weighted by Crippen LogP contribution is 2.39. The Hall–Kier alpha value is -6.38. The number of imide groups is 1. The zero-order valence-electron chi connectivity index (χ0n) is 31.7. The lowest BCUT2D eigenvalue weighted by atomic mass is 10.0. The lowest BCUT2D eigenvalue weighted by Crippen LogP contribution is -2.53. The lowest BCUT2D eigenvalue weighted by Gasteiger charge is -2.43. The van der Waals surface area contributed by atoms with Crippen molar-refractivity contribution in [2.75, 3.05) is 60.9 Å². The standard InChI is InChI=1S/C41H40F3N11O3/c1-27-4-5-29(23-28(27)6-9-33-25-45-36-3-2-15-46-55(33)36)39(57)47-30-7-10-35(34(24-30)41(42,43)44)53-21-19-52(20-22-53)32-12-16-51(17-13-32)26-31-8-11-37(50-49-31)54-18-14-38(56)48-40(54)58/h2-5,7-8,10-11,15,23-25,32H,12-14,16-22,26H2,1H3,(H,47,57)(H,48,56,58). The number of nitrogens with zero attached hydrogens (tertiary/aromatic N) is 9. The zero-order chi connectivity index (χ0) is 40.4. The summed E-state index contributed by atoms with van der Waals surface area (Å²) in [6.07, 6.45) is 0.666. The molecule has 2 N–H and O–H groups in total. The van der Waals surface area contributed by atoms with Crippen molar-refractivity contribution in [1.29, 1.82) is 0 Å². The summed E-state index contributed by atoms with van der Waals surface area (Å²) in [6, 6.07) is 15.9. The van der Waals surface area contributed by atoms with Crippen molar-refractivity contribution in [3.05, 3.63) is 107 Å². The fourth-order valence-electron chi connectivity index (χ4n) is 7.63. The van der Waals surface area contributed by atoms with Crippen molar-refractivity contribution >= 4 is 40.7 Å². The van der Waals surface area contributed by atoms with E-state index < -0.39 is 23.7 Å². The highest BCUT2D eigenvalue weighted by Gasteiger charge is 2.37. The van der Waals surface area contributed by atoms with Crippen molar-refractivity contribution in [2.45, 2.75) is 44.9 Å². The van der Waals surface area contributed by atoms with Crippen LogP contribution in [0.5, 0.6) is 0 Å². The fraction of sp³-hybridized carbons (Fsp3) is 0.341. The molecular formula is C41H40F3N11O3. The number of anilines is 3. The monoisotopic (exact) mass is 791 g/mol. The minimum Gasteiger partial charge on any atom is -0.368 e. The summed E-state index contributed by atoms with van der Waals surface area (Å²) in [7, 11) is 0. The molecule has 0 radical (unpaired) electrons. The Morgan fingerprint density at radius 3 is 2.48 bits per heavy atom. The average molecular weight is 792 g/mol. The molecule has 3 fully saturated rings. The molecule has 0 spiro atoms. The van der Waals surface area contributed by atoms with E-state index in [1.54, 1.807) is 52.1 Å². The first kappa shape index (κ1) is 38.5. The first-order valence-electron chi connectivity index (χ1n) is 19.1. The van der Waals surface area contributed by atoms with Gasteiger partial charge in [-0.3, -0.25) is 29.6 Å². The smallest absolute Gasteiger partial charge is 0.368 e. The number of piperazine rings is 1. The molecular weight excluding hydrogens is 752 g/mol. The molecule has 0 bridgehead atoms. The topological polar surface area (TPSA) is 144 Å². The van der Waals surface area contributed by atoms with Gasteiger partial charge in [-0.05, 0) is 85.8 Å². The van der Waals surface area contributed by atoms with Crippen molar-refractivity contribution in [2.24, 2.45) is 0 Å². The van der Waals surface area contributed by atoms with Crippen LogP contribution < -0.4 is 20.4 Å². The van der Waals surface area contributed by atoms with Crippen molar-refractivity contribution in [3.8, 4) is 11.8 Å². The van der Waals surface area contributed by atoms with E-state index in [9.17, 15) is 27.6 Å². The molecule has 3 saturated heterocycles. The van der Waals surface area contributed by atoms with Crippen LogP contribution in [0.1, 0.15) is 57.7 Å². The molecule has 58 heavy (non-hydrogen) atoms. The first-order chi connectivity index (χ1) is 28.0. The van der Waals surface area contributed by atoms with Gasteiger partial charge in [0.2, 0.25) is 5.91 Å². The number of imidazole rings is 1. The summed E-state index contributed by atoms with van der Waals surface area (Å²) in [5.41, 5.74) is 3.04. The minimum absolute atomic E-state index is 0.0468. The Bertz CT molecular complexity index is 2410. The van der Waals surface area contributed by atoms with Crippen LogP contribution >= 0.6 is 0 Å². The number of benzene rings is 2. The molecule has 0 atom stereocenters. The molecule has 0 saturated carbocycles. The van der Waals surface area contributed by atoms with E-state index in [0.29, 0.717) is 61.5 Å². The molecule has 0 unspecified atom stereocenters. The van der Waals surface area contributed by atoms with Gasteiger partial charge in [-0.2, -0.15) is 23.4 Å². The summed E-state index contributed by atoms with van der Waals surface area (Å²) in [5, 5.41) is 17.7. The van der Waals surface area contributed by atoms with E-state index in [4.69, 9.17) is 0 Å². The Balaban J connectivity index is 0.853. The van der Waals surface area contributed by atoms with E-state index >= 15 is 0 Å². The number of hydrogen-bond acceptors (Lipinski definition) is 10. The predicted molar refractivity (Wildman–Crippen MR) is 209 cm³/mol. The van der Waals surface area contributed by atoms with Gasteiger partial charge in [0.15, 0.2) is 11.5 Å². The van der Waals surface area contributed by atoms with Gasteiger partial charge in [-0.1, -0.05) is 12.0 Å². The maximum Gasteiger partial charge on any atom is 0.418 e. The second kappa shape index (κ2) is 16.2. The normalized spacial score (nSPS) is 17.2. The Morgan fingerprint density at radius 2 is 1.74 bits per heavy atom. The third-order valence-corrected chi connectivity index (χ3v) is 10.8. The number of halogens is 3. The van der Waals surface area contributed by atoms with E-state index in [2.05, 4.69) is 52.6 Å². The van der Waals surface area contributed by atoms with Crippen LogP contribution in [0, 0.1) is 18.8 Å². The second-order valence-corrected chi connectivity index (χ2v) is 14.6. The number of alkyl halides is 3. The molecule has 3 aromatic heterocycles. The third-order valence-electron chi connectivity index (χ3n) is 10.8. The maximum absolute atomic E-state index is 14.5. The predicted octanol–water partition coefficient (Wildman–Crippen LogP) is 4.73. The maximum atomic E-state index is 14.5. The number of rotatable bonds is 7. The lowest BCUT2D eigenvalue weighted by molar-refractivity contribution is -0.137. The van der Waals surface area contributed by atoms with Crippen LogP contribution in [0.15, 0.2) is 73.1 Å². The second-order valence-electron chi connectivity index (χ2n) is 14.6. The fourth-order valence-corrected chi connectivity index (χ4v) is 7.63. The molecule has 6 heterocycles. The van der Waals surface area contributed by atoms with E-state index in [1.165, 1.54) is 17.0 Å². The average Bonchev–Trinajstić information content (AvgIpc) is 3.64. The largest absolute Gasteiger partial charge is 0.418 e. The third kappa shape index (κ3) is 8.48. The molecule has 17 heteroatoms. The van der Waals surface area contributed by atoms with Gasteiger partial charge < -0.3 is 10.2 Å². The van der Waals surface area contributed by atoms with Crippen LogP contribution in [0.2, 0.25) is 0 Å². The minimum atomic E-state index is -4.63. The van der Waals surface area contributed by atoms with Gasteiger partial charge >= 0.3 is 12.2 Å². The van der Waals surface area contributed by atoms with Crippen molar-refractivity contribution in [3.63, 3.8) is 0 Å². The summed E-state index contributed by atoms with van der Waals surface area (Å²) in [4.78, 5) is 49.0. The highest BCUT2D eigenvalue weighted by atomic mass is 19.4. The summed E-state index contributed by atoms with van der Waals surface area (Å²) < 4.78 is 45.2. The van der Waals surface area contributed by atoms with Gasteiger partial charge in [0.05, 0.1) is 17.5 Å². The summed E-state index contributed by atoms with van der Waals surface area (Å²) >= 11 is 0. The number of fused-ring (bicyclic) bond motifs is 1. The van der Waals surface area contributed by atoms with Gasteiger partial charge in [-0.25, -0.2) is 14.3 Å². The first-order valence-corrected chi connectivity index (χ1v) is 19.1. The van der Waals surface area contributed by atoms with Crippen LogP contribution in [0.4, 0.5) is 35.2 Å². The molecule has 298 valence electrons. The number of aromatic nitrogens is 5. The van der Waals surface area contributed by atoms with Gasteiger partial charge in [0.1, 0.15) is 5.69 Å². The molecule has 14 nitrogen and oxygen atoms in total. The number of aryl methyl sites for hydroxylation is 1. The number of nitrogens with one attached hydrogen (secondary N) is 2. The van der Waals surface area contributed by atoms with Crippen LogP contribution in [-0.4, -0.2) is 104 Å². The Kier molecular flexibility index (Phi) is 10.8. The molecule has 3 aliphatic heterocycles. The number of urea groups is 1. The van der Waals surface area contributed by atoms with Gasteiger partial charge in [-0.15, -0.1) is 5.10 Å². The van der Waals surface area contributed by atoms with E-state index in [0.717, 1.165) is 43.3 Å². The van der Waals surface area contributed by atoms with E-state index in [1.807, 2.05) is 19.1 Å². The SMILES string of the molecule is Cc1ccc(C(=O)Nc2ccc(N3CCN(C4CCN(Cc5ccc(N6CCC(=O)NC6=O)nn5)CC4)CC3)c(C(F)(F)F)c2)cc1C#Cc1cnc2cccnn12. The van der Waals surface area contributed by atoms with Gasteiger partial charge in [0, 0.05) is 93.5 Å². The van der Waals surface area contributed by atoms with Crippen LogP contribution in [0.25, 0.3) is 5.65 Å². The number of hydrogen-bond donors (Lipinski definition) is 2. The molecule has 2 aromatic carbocycles. The molecule has 5 aromatic rings. The van der Waals surface area contributed by atoms with Crippen molar-refractivity contribution < 1.29 is 27.6 Å². The molecule has 3 aliphatic rings. The van der Waals surface area contributed by atoms with Crippen LogP contribution in [0.3, 0.4) is 0 Å². The molecule has 0 aliphatic carbocycles. The Labute approximate surface area is 332 Å².